The predicted molar refractivity (Wildman–Crippen MR) is 83.8 cm³/mol. The predicted octanol–water partition coefficient (Wildman–Crippen LogP) is 2.68. The van der Waals surface area contributed by atoms with Gasteiger partial charge in [-0.1, -0.05) is 6.92 Å². The van der Waals surface area contributed by atoms with Crippen molar-refractivity contribution in [1.82, 2.24) is 14.5 Å². The van der Waals surface area contributed by atoms with Gasteiger partial charge in [-0.25, -0.2) is 4.98 Å². The zero-order valence-corrected chi connectivity index (χ0v) is 13.5. The lowest BCUT2D eigenvalue weighted by molar-refractivity contribution is 0.0726. The summed E-state index contributed by atoms with van der Waals surface area (Å²) in [5.41, 5.74) is 0.925. The Labute approximate surface area is 130 Å². The summed E-state index contributed by atoms with van der Waals surface area (Å²) in [6.07, 6.45) is 6.74. The van der Waals surface area contributed by atoms with Gasteiger partial charge in [0.1, 0.15) is 11.6 Å². The second-order valence-corrected chi connectivity index (χ2v) is 6.16. The highest BCUT2D eigenvalue weighted by atomic mass is 16.4. The van der Waals surface area contributed by atoms with Crippen molar-refractivity contribution in [1.29, 1.82) is 0 Å². The minimum absolute atomic E-state index is 0.0198. The van der Waals surface area contributed by atoms with Crippen LogP contribution < -0.4 is 0 Å². The van der Waals surface area contributed by atoms with E-state index < -0.39 is 0 Å². The number of amides is 1. The van der Waals surface area contributed by atoms with Crippen LogP contribution in [0.2, 0.25) is 0 Å². The average Bonchev–Trinajstić information content (AvgIpc) is 3.12. The molecule has 5 nitrogen and oxygen atoms in total. The SMILES string of the molecule is CCc1cc(C)c(C(=O)N(C)C[C@H]2CCc3nccn3C2)o1. The zero-order valence-electron chi connectivity index (χ0n) is 13.5. The Hall–Kier alpha value is -2.04. The van der Waals surface area contributed by atoms with E-state index >= 15 is 0 Å². The molecule has 0 fully saturated rings. The van der Waals surface area contributed by atoms with Gasteiger partial charge in [0.05, 0.1) is 0 Å². The van der Waals surface area contributed by atoms with Gasteiger partial charge in [-0.2, -0.15) is 0 Å². The normalized spacial score (nSPS) is 17.3. The van der Waals surface area contributed by atoms with E-state index in [0.717, 1.165) is 49.5 Å². The van der Waals surface area contributed by atoms with Crippen molar-refractivity contribution in [2.45, 2.75) is 39.7 Å². The van der Waals surface area contributed by atoms with Crippen molar-refractivity contribution in [3.63, 3.8) is 0 Å². The number of aryl methyl sites for hydroxylation is 3. The number of aromatic nitrogens is 2. The maximum Gasteiger partial charge on any atom is 0.289 e. The highest BCUT2D eigenvalue weighted by molar-refractivity contribution is 5.92. The molecule has 0 spiro atoms. The molecule has 0 radical (unpaired) electrons. The van der Waals surface area contributed by atoms with E-state index in [1.165, 1.54) is 0 Å². The molecule has 2 aromatic heterocycles. The Morgan fingerprint density at radius 2 is 2.36 bits per heavy atom. The Bertz CT molecular complexity index is 671. The molecule has 3 rings (SSSR count). The molecule has 0 saturated heterocycles. The van der Waals surface area contributed by atoms with Gasteiger partial charge in [0.2, 0.25) is 0 Å². The van der Waals surface area contributed by atoms with Crippen molar-refractivity contribution >= 4 is 5.91 Å². The fourth-order valence-electron chi connectivity index (χ4n) is 3.16. The lowest BCUT2D eigenvalue weighted by atomic mass is 9.99. The Kier molecular flexibility index (Phi) is 4.05. The summed E-state index contributed by atoms with van der Waals surface area (Å²) in [5, 5.41) is 0. The molecule has 22 heavy (non-hydrogen) atoms. The third-order valence-corrected chi connectivity index (χ3v) is 4.42. The van der Waals surface area contributed by atoms with Crippen LogP contribution in [0.1, 0.15) is 41.0 Å². The Morgan fingerprint density at radius 1 is 1.55 bits per heavy atom. The monoisotopic (exact) mass is 301 g/mol. The lowest BCUT2D eigenvalue weighted by Crippen LogP contribution is -2.35. The average molecular weight is 301 g/mol. The summed E-state index contributed by atoms with van der Waals surface area (Å²) >= 11 is 0. The number of imidazole rings is 1. The van der Waals surface area contributed by atoms with E-state index in [0.29, 0.717) is 11.7 Å². The second kappa shape index (κ2) is 5.99. The number of hydrogen-bond donors (Lipinski definition) is 0. The summed E-state index contributed by atoms with van der Waals surface area (Å²) in [6, 6.07) is 1.96. The van der Waals surface area contributed by atoms with E-state index in [2.05, 4.69) is 9.55 Å². The van der Waals surface area contributed by atoms with Crippen molar-refractivity contribution in [2.75, 3.05) is 13.6 Å². The maximum absolute atomic E-state index is 12.6. The summed E-state index contributed by atoms with van der Waals surface area (Å²) < 4.78 is 7.87. The molecule has 2 aromatic rings. The Balaban J connectivity index is 1.65. The number of nitrogens with zero attached hydrogens (tertiary/aromatic N) is 3. The fourth-order valence-corrected chi connectivity index (χ4v) is 3.16. The first kappa shape index (κ1) is 14.9. The molecular weight excluding hydrogens is 278 g/mol. The van der Waals surface area contributed by atoms with Gasteiger partial charge < -0.3 is 13.9 Å². The number of fused-ring (bicyclic) bond motifs is 1. The van der Waals surface area contributed by atoms with E-state index in [1.54, 1.807) is 4.90 Å². The highest BCUT2D eigenvalue weighted by Gasteiger charge is 2.24. The van der Waals surface area contributed by atoms with Gasteiger partial charge in [-0.15, -0.1) is 0 Å². The highest BCUT2D eigenvalue weighted by Crippen LogP contribution is 2.21. The molecule has 0 aliphatic carbocycles. The van der Waals surface area contributed by atoms with Gasteiger partial charge >= 0.3 is 0 Å². The molecule has 0 N–H and O–H groups in total. The van der Waals surface area contributed by atoms with E-state index in [1.807, 2.05) is 39.4 Å². The molecule has 0 unspecified atom stereocenters. The van der Waals surface area contributed by atoms with Crippen LogP contribution in [0.25, 0.3) is 0 Å². The number of furan rings is 1. The topological polar surface area (TPSA) is 51.3 Å². The van der Waals surface area contributed by atoms with Gasteiger partial charge in [-0.05, 0) is 25.3 Å². The number of hydrogen-bond acceptors (Lipinski definition) is 3. The van der Waals surface area contributed by atoms with Crippen molar-refractivity contribution in [3.8, 4) is 0 Å². The van der Waals surface area contributed by atoms with Gasteiger partial charge in [0.25, 0.3) is 5.91 Å². The van der Waals surface area contributed by atoms with Crippen LogP contribution in [-0.4, -0.2) is 34.0 Å². The summed E-state index contributed by atoms with van der Waals surface area (Å²) in [6.45, 7) is 5.64. The molecule has 1 aliphatic heterocycles. The van der Waals surface area contributed by atoms with Crippen LogP contribution in [-0.2, 0) is 19.4 Å². The van der Waals surface area contributed by atoms with Crippen LogP contribution in [0, 0.1) is 12.8 Å². The molecule has 3 heterocycles. The molecule has 0 saturated carbocycles. The Morgan fingerprint density at radius 3 is 3.09 bits per heavy atom. The van der Waals surface area contributed by atoms with Crippen LogP contribution in [0.4, 0.5) is 0 Å². The van der Waals surface area contributed by atoms with Crippen LogP contribution in [0.15, 0.2) is 22.9 Å². The summed E-state index contributed by atoms with van der Waals surface area (Å²) in [4.78, 5) is 18.7. The van der Waals surface area contributed by atoms with Crippen molar-refractivity contribution < 1.29 is 9.21 Å². The largest absolute Gasteiger partial charge is 0.456 e. The van der Waals surface area contributed by atoms with Crippen LogP contribution in [0.5, 0.6) is 0 Å². The lowest BCUT2D eigenvalue weighted by Gasteiger charge is -2.27. The molecule has 5 heteroatoms. The number of carbonyl (C=O) groups is 1. The van der Waals surface area contributed by atoms with Crippen molar-refractivity contribution in [2.24, 2.45) is 5.92 Å². The third kappa shape index (κ3) is 2.80. The summed E-state index contributed by atoms with van der Waals surface area (Å²) in [5.74, 6) is 2.96. The van der Waals surface area contributed by atoms with Gasteiger partial charge in [-0.3, -0.25) is 4.79 Å². The summed E-state index contributed by atoms with van der Waals surface area (Å²) in [7, 11) is 1.86. The fraction of sp³-hybridized carbons (Fsp3) is 0.529. The van der Waals surface area contributed by atoms with Gasteiger partial charge in [0, 0.05) is 50.9 Å². The minimum Gasteiger partial charge on any atom is -0.456 e. The quantitative estimate of drug-likeness (QED) is 0.872. The smallest absolute Gasteiger partial charge is 0.289 e. The molecule has 1 atom stereocenters. The molecular formula is C17H23N3O2. The van der Waals surface area contributed by atoms with E-state index in [9.17, 15) is 4.79 Å². The first-order valence-corrected chi connectivity index (χ1v) is 7.93. The second-order valence-electron chi connectivity index (χ2n) is 6.16. The number of carbonyl (C=O) groups excluding carboxylic acids is 1. The van der Waals surface area contributed by atoms with Crippen LogP contribution in [0.3, 0.4) is 0 Å². The molecule has 1 aliphatic rings. The first-order valence-electron chi connectivity index (χ1n) is 7.93. The minimum atomic E-state index is -0.0198. The molecule has 118 valence electrons. The maximum atomic E-state index is 12.6. The van der Waals surface area contributed by atoms with E-state index in [4.69, 9.17) is 4.42 Å². The van der Waals surface area contributed by atoms with Crippen molar-refractivity contribution in [3.05, 3.63) is 41.4 Å². The molecule has 0 aromatic carbocycles. The van der Waals surface area contributed by atoms with Crippen LogP contribution >= 0.6 is 0 Å². The third-order valence-electron chi connectivity index (χ3n) is 4.42. The zero-order chi connectivity index (χ0) is 15.7. The molecule has 1 amide bonds. The number of rotatable bonds is 4. The first-order chi connectivity index (χ1) is 10.6. The van der Waals surface area contributed by atoms with Gasteiger partial charge in [0.15, 0.2) is 5.76 Å². The standard InChI is InChI=1S/C17H23N3O2/c1-4-14-9-12(2)16(22-14)17(21)19(3)10-13-5-6-15-18-7-8-20(15)11-13/h7-9,13H,4-6,10-11H2,1-3H3/t13-/m1/s1. The van der Waals surface area contributed by atoms with E-state index in [-0.39, 0.29) is 5.91 Å². The molecule has 0 bridgehead atoms.